The number of hydrogen-bond acceptors (Lipinski definition) is 10. The van der Waals surface area contributed by atoms with Crippen LogP contribution in [0.15, 0.2) is 48.5 Å². The van der Waals surface area contributed by atoms with Crippen LogP contribution in [-0.4, -0.2) is 116 Å². The molecule has 4 saturated heterocycles. The van der Waals surface area contributed by atoms with E-state index >= 15 is 0 Å². The Bertz CT molecular complexity index is 1780. The Morgan fingerprint density at radius 2 is 1.03 bits per heavy atom. The third-order valence-electron chi connectivity index (χ3n) is 12.2. The van der Waals surface area contributed by atoms with Crippen molar-refractivity contribution in [1.29, 1.82) is 0 Å². The van der Waals surface area contributed by atoms with Crippen molar-refractivity contribution >= 4 is 92.9 Å². The molecule has 6 N–H and O–H groups in total. The highest BCUT2D eigenvalue weighted by Crippen LogP contribution is 2.48. The third kappa shape index (κ3) is 10.1. The van der Waals surface area contributed by atoms with E-state index in [4.69, 9.17) is 24.4 Å². The van der Waals surface area contributed by atoms with Crippen molar-refractivity contribution in [3.63, 3.8) is 0 Å². The fraction of sp³-hybridized carbons (Fsp3) is 0.581. The molecule has 0 spiro atoms. The van der Waals surface area contributed by atoms with Gasteiger partial charge in [0.2, 0.25) is 23.6 Å². The summed E-state index contributed by atoms with van der Waals surface area (Å²) in [5.74, 6) is 1.05. The molecule has 2 aromatic rings. The normalized spacial score (nSPS) is 27.1. The molecular weight excluding hydrogens is 821 g/mol. The lowest BCUT2D eigenvalue weighted by atomic mass is 9.84. The Morgan fingerprint density at radius 1 is 0.678 bits per heavy atom. The number of anilines is 2. The van der Waals surface area contributed by atoms with Gasteiger partial charge in [-0.1, -0.05) is 76.4 Å². The number of thioether (sulfide) groups is 2. The monoisotopic (exact) mass is 880 g/mol. The standard InChI is InChI=1S/C43H60N8O4S4/c1-24(44-7)38(56)48-30-17-19-58-32-22-42(3,4)34(50(32)40(30)54)36(52)46-28-13-9-26(10-14-28)21-27-11-15-29(16-12-27)47-37(53)35-43(5,6)23-33-51(35)41(55)31(18-20-59-33)49-39(57)25(2)45-8/h9-16,24-25,30-35,44-45H,17-23H2,1-8H3,(H,46,52)(H,47,53)(H,48,56)(H,49,57)/t24-,25-,30-,31-,32-,33-,34+,35+/m0/s1. The van der Waals surface area contributed by atoms with Gasteiger partial charge < -0.3 is 41.7 Å². The van der Waals surface area contributed by atoms with Crippen molar-refractivity contribution in [2.45, 2.75) is 121 Å². The Labute approximate surface area is 368 Å². The summed E-state index contributed by atoms with van der Waals surface area (Å²) >= 11 is 14.6. The quantitative estimate of drug-likeness (QED) is 0.158. The summed E-state index contributed by atoms with van der Waals surface area (Å²) in [6.07, 6.45) is 3.40. The fourth-order valence-corrected chi connectivity index (χ4v) is 12.3. The maximum Gasteiger partial charge on any atom is 0.247 e. The Kier molecular flexibility index (Phi) is 14.4. The largest absolute Gasteiger partial charge is 0.367 e. The summed E-state index contributed by atoms with van der Waals surface area (Å²) < 4.78 is 0. The highest BCUT2D eigenvalue weighted by molar-refractivity contribution is 8.00. The third-order valence-corrected chi connectivity index (χ3v) is 15.7. The lowest BCUT2D eigenvalue weighted by Crippen LogP contribution is -2.56. The number of carbonyl (C=O) groups excluding carboxylic acids is 4. The molecule has 0 aromatic heterocycles. The van der Waals surface area contributed by atoms with E-state index in [-0.39, 0.29) is 46.5 Å². The Morgan fingerprint density at radius 3 is 1.37 bits per heavy atom. The number of carbonyl (C=O) groups is 4. The van der Waals surface area contributed by atoms with Gasteiger partial charge in [0.25, 0.3) is 0 Å². The molecule has 2 aromatic carbocycles. The zero-order valence-corrected chi connectivity index (χ0v) is 38.6. The molecule has 59 heavy (non-hydrogen) atoms. The first-order valence-corrected chi connectivity index (χ1v) is 23.5. The second-order valence-corrected chi connectivity index (χ2v) is 21.1. The van der Waals surface area contributed by atoms with Crippen LogP contribution in [0.1, 0.15) is 78.4 Å². The molecule has 8 atom stereocenters. The summed E-state index contributed by atoms with van der Waals surface area (Å²) in [4.78, 5) is 60.7. The summed E-state index contributed by atoms with van der Waals surface area (Å²) in [6.45, 7) is 12.2. The number of thiocarbonyl (C=S) groups is 2. The average molecular weight is 881 g/mol. The molecule has 4 heterocycles. The molecule has 0 aliphatic carbocycles. The summed E-state index contributed by atoms with van der Waals surface area (Å²) in [5, 5.41) is 18.9. The highest BCUT2D eigenvalue weighted by atomic mass is 32.2. The number of fused-ring (bicyclic) bond motifs is 2. The van der Waals surface area contributed by atoms with Gasteiger partial charge in [0, 0.05) is 11.4 Å². The summed E-state index contributed by atoms with van der Waals surface area (Å²) in [5.41, 5.74) is 2.62. The van der Waals surface area contributed by atoms with Crippen LogP contribution in [0.25, 0.3) is 0 Å². The lowest BCUT2D eigenvalue weighted by molar-refractivity contribution is -0.140. The van der Waals surface area contributed by atoms with Crippen LogP contribution in [0, 0.1) is 10.8 Å². The van der Waals surface area contributed by atoms with Crippen molar-refractivity contribution in [3.8, 4) is 0 Å². The second kappa shape index (κ2) is 18.8. The number of nitrogens with one attached hydrogen (secondary N) is 6. The van der Waals surface area contributed by atoms with E-state index in [1.54, 1.807) is 33.3 Å². The van der Waals surface area contributed by atoms with Crippen molar-refractivity contribution in [1.82, 2.24) is 31.1 Å². The minimum absolute atomic E-state index is 0.0697. The van der Waals surface area contributed by atoms with Gasteiger partial charge in [0.05, 0.1) is 32.8 Å². The predicted molar refractivity (Wildman–Crippen MR) is 249 cm³/mol. The fourth-order valence-electron chi connectivity index (χ4n) is 8.63. The first kappa shape index (κ1) is 45.3. The van der Waals surface area contributed by atoms with Crippen molar-refractivity contribution < 1.29 is 19.2 Å². The predicted octanol–water partition coefficient (Wildman–Crippen LogP) is 5.12. The van der Waals surface area contributed by atoms with Gasteiger partial charge in [-0.05, 0) is 118 Å². The van der Waals surface area contributed by atoms with Gasteiger partial charge in [-0.25, -0.2) is 0 Å². The summed E-state index contributed by atoms with van der Waals surface area (Å²) in [6, 6.07) is 13.2. The number of rotatable bonds is 12. The maximum atomic E-state index is 14.0. The van der Waals surface area contributed by atoms with E-state index in [2.05, 4.69) is 59.6 Å². The molecule has 0 saturated carbocycles. The van der Waals surface area contributed by atoms with E-state index in [0.29, 0.717) is 40.6 Å². The zero-order valence-electron chi connectivity index (χ0n) is 35.3. The molecule has 6 rings (SSSR count). The number of amides is 4. The highest BCUT2D eigenvalue weighted by Gasteiger charge is 2.55. The van der Waals surface area contributed by atoms with Crippen LogP contribution in [0.2, 0.25) is 0 Å². The molecule has 16 heteroatoms. The molecule has 12 nitrogen and oxygen atoms in total. The van der Waals surface area contributed by atoms with Gasteiger partial charge in [0.1, 0.15) is 24.2 Å². The van der Waals surface area contributed by atoms with Crippen molar-refractivity contribution in [2.24, 2.45) is 10.8 Å². The van der Waals surface area contributed by atoms with Gasteiger partial charge in [-0.3, -0.25) is 19.2 Å². The van der Waals surface area contributed by atoms with Crippen LogP contribution in [-0.2, 0) is 25.6 Å². The smallest absolute Gasteiger partial charge is 0.247 e. The van der Waals surface area contributed by atoms with Crippen LogP contribution >= 0.6 is 48.0 Å². The van der Waals surface area contributed by atoms with Crippen LogP contribution in [0.4, 0.5) is 11.4 Å². The van der Waals surface area contributed by atoms with Gasteiger partial charge >= 0.3 is 0 Å². The van der Waals surface area contributed by atoms with Crippen molar-refractivity contribution in [2.75, 3.05) is 36.2 Å². The second-order valence-electron chi connectivity index (χ2n) is 17.6. The summed E-state index contributed by atoms with van der Waals surface area (Å²) in [7, 11) is 3.67. The molecular formula is C43H60N8O4S4. The lowest BCUT2D eigenvalue weighted by Gasteiger charge is -2.34. The molecule has 4 aliphatic rings. The minimum Gasteiger partial charge on any atom is -0.367 e. The molecule has 0 unspecified atom stereocenters. The average Bonchev–Trinajstić information content (AvgIpc) is 3.51. The molecule has 4 amide bonds. The van der Waals surface area contributed by atoms with Crippen molar-refractivity contribution in [3.05, 3.63) is 59.7 Å². The topological polar surface area (TPSA) is 147 Å². The number of nitrogens with zero attached hydrogens (tertiary/aromatic N) is 2. The Balaban J connectivity index is 1.07. The van der Waals surface area contributed by atoms with Gasteiger partial charge in [-0.2, -0.15) is 0 Å². The van der Waals surface area contributed by atoms with E-state index in [1.165, 1.54) is 0 Å². The molecule has 320 valence electrons. The molecule has 4 aliphatic heterocycles. The van der Waals surface area contributed by atoms with Gasteiger partial charge in [-0.15, -0.1) is 23.5 Å². The van der Waals surface area contributed by atoms with Crippen LogP contribution in [0.5, 0.6) is 0 Å². The van der Waals surface area contributed by atoms with Crippen LogP contribution in [0.3, 0.4) is 0 Å². The zero-order chi connectivity index (χ0) is 42.8. The van der Waals surface area contributed by atoms with E-state index in [1.807, 2.05) is 76.5 Å². The Hall–Kier alpha value is -3.28. The van der Waals surface area contributed by atoms with E-state index in [0.717, 1.165) is 35.5 Å². The number of benzene rings is 2. The maximum absolute atomic E-state index is 14.0. The number of hydrogen-bond donors (Lipinski definition) is 6. The SMILES string of the molecule is CN[C@@H](C)C(=S)N[C@H]1CCS[C@H]2CC(C)(C)[C@@H](C(=O)Nc3ccc(Cc4ccc(NC(=O)[C@H]5N6C(=O)[C@@H](NC(=S)[C@H](C)NC)CCS[C@H]6CC5(C)C)cc4)cc3)N2C1=O. The minimum atomic E-state index is -0.626. The van der Waals surface area contributed by atoms with E-state index < -0.39 is 35.0 Å². The number of likely N-dealkylation sites (N-methyl/N-ethyl adjacent to an activating group) is 2. The first-order chi connectivity index (χ1) is 27.9. The van der Waals surface area contributed by atoms with E-state index in [9.17, 15) is 19.2 Å². The molecule has 0 bridgehead atoms. The first-order valence-electron chi connectivity index (χ1n) is 20.6. The van der Waals surface area contributed by atoms with Crippen LogP contribution < -0.4 is 31.9 Å². The van der Waals surface area contributed by atoms with Gasteiger partial charge in [0.15, 0.2) is 0 Å². The molecule has 4 fully saturated rings. The molecule has 0 radical (unpaired) electrons.